The van der Waals surface area contributed by atoms with E-state index in [1.165, 1.54) is 0 Å². The maximum Gasteiger partial charge on any atom is 0.138 e. The molecular formula is C18H22ClNO3. The molecule has 1 aliphatic heterocycles. The van der Waals surface area contributed by atoms with Crippen molar-refractivity contribution in [3.63, 3.8) is 0 Å². The van der Waals surface area contributed by atoms with Crippen molar-refractivity contribution >= 4 is 12.4 Å². The minimum absolute atomic E-state index is 0. The van der Waals surface area contributed by atoms with Gasteiger partial charge >= 0.3 is 0 Å². The van der Waals surface area contributed by atoms with Gasteiger partial charge in [0, 0.05) is 26.3 Å². The zero-order valence-electron chi connectivity index (χ0n) is 13.1. The van der Waals surface area contributed by atoms with Crippen LogP contribution in [0.15, 0.2) is 54.6 Å². The van der Waals surface area contributed by atoms with Gasteiger partial charge in [-0.25, -0.2) is 0 Å². The van der Waals surface area contributed by atoms with E-state index < -0.39 is 0 Å². The van der Waals surface area contributed by atoms with Gasteiger partial charge in [0.2, 0.25) is 0 Å². The molecule has 23 heavy (non-hydrogen) atoms. The Kier molecular flexibility index (Phi) is 6.71. The smallest absolute Gasteiger partial charge is 0.138 e. The summed E-state index contributed by atoms with van der Waals surface area (Å²) in [5.41, 5.74) is 1.15. The fraction of sp³-hybridized carbons (Fsp3) is 0.333. The largest absolute Gasteiger partial charge is 0.489 e. The van der Waals surface area contributed by atoms with E-state index >= 15 is 0 Å². The van der Waals surface area contributed by atoms with E-state index in [-0.39, 0.29) is 24.6 Å². The minimum atomic E-state index is 0. The van der Waals surface area contributed by atoms with Gasteiger partial charge in [0.05, 0.1) is 0 Å². The summed E-state index contributed by atoms with van der Waals surface area (Å²) in [5.74, 6) is 1.61. The molecule has 0 aromatic heterocycles. The lowest BCUT2D eigenvalue weighted by molar-refractivity contribution is 0.0345. The van der Waals surface area contributed by atoms with Crippen molar-refractivity contribution < 1.29 is 14.2 Å². The van der Waals surface area contributed by atoms with Crippen LogP contribution < -0.4 is 14.8 Å². The highest BCUT2D eigenvalue weighted by atomic mass is 35.5. The molecule has 0 radical (unpaired) electrons. The Morgan fingerprint density at radius 2 is 1.70 bits per heavy atom. The van der Waals surface area contributed by atoms with Crippen LogP contribution in [-0.4, -0.2) is 32.4 Å². The summed E-state index contributed by atoms with van der Waals surface area (Å²) in [7, 11) is 1.72. The molecule has 124 valence electrons. The van der Waals surface area contributed by atoms with Crippen LogP contribution in [0.4, 0.5) is 0 Å². The molecule has 4 nitrogen and oxygen atoms in total. The van der Waals surface area contributed by atoms with E-state index in [1.807, 2.05) is 54.6 Å². The Bertz CT molecular complexity index is 594. The van der Waals surface area contributed by atoms with E-state index in [0.29, 0.717) is 6.61 Å². The first-order valence-electron chi connectivity index (χ1n) is 7.52. The first kappa shape index (κ1) is 17.6. The Balaban J connectivity index is 0.00000192. The normalized spacial score (nSPS) is 19.9. The Labute approximate surface area is 143 Å². The molecule has 0 aliphatic carbocycles. The quantitative estimate of drug-likeness (QED) is 0.880. The number of ether oxygens (including phenoxy) is 3. The second kappa shape index (κ2) is 8.77. The summed E-state index contributed by atoms with van der Waals surface area (Å²) >= 11 is 0. The molecule has 1 saturated heterocycles. The molecule has 3 rings (SSSR count). The highest BCUT2D eigenvalue weighted by Crippen LogP contribution is 2.23. The predicted molar refractivity (Wildman–Crippen MR) is 92.5 cm³/mol. The zero-order chi connectivity index (χ0) is 15.2. The first-order valence-corrected chi connectivity index (χ1v) is 7.52. The van der Waals surface area contributed by atoms with Crippen LogP contribution >= 0.6 is 12.4 Å². The Morgan fingerprint density at radius 1 is 0.957 bits per heavy atom. The Morgan fingerprint density at radius 3 is 2.48 bits per heavy atom. The van der Waals surface area contributed by atoms with Crippen LogP contribution in [0.25, 0.3) is 0 Å². The molecule has 1 heterocycles. The molecule has 2 aromatic carbocycles. The predicted octanol–water partition coefficient (Wildman–Crippen LogP) is 3.05. The third kappa shape index (κ3) is 4.86. The molecule has 5 heteroatoms. The van der Waals surface area contributed by atoms with Crippen molar-refractivity contribution in [1.29, 1.82) is 0 Å². The van der Waals surface area contributed by atoms with E-state index in [9.17, 15) is 0 Å². The van der Waals surface area contributed by atoms with Gasteiger partial charge in [-0.1, -0.05) is 36.4 Å². The molecular weight excluding hydrogens is 314 g/mol. The lowest BCUT2D eigenvalue weighted by atomic mass is 10.2. The molecule has 0 unspecified atom stereocenters. The molecule has 1 N–H and O–H groups in total. The summed E-state index contributed by atoms with van der Waals surface area (Å²) in [6.07, 6.45) is 0.128. The highest BCUT2D eigenvalue weighted by Gasteiger charge is 2.28. The summed E-state index contributed by atoms with van der Waals surface area (Å²) in [6.45, 7) is 2.18. The minimum Gasteiger partial charge on any atom is -0.489 e. The van der Waals surface area contributed by atoms with E-state index in [1.54, 1.807) is 7.11 Å². The van der Waals surface area contributed by atoms with Gasteiger partial charge in [-0.2, -0.15) is 0 Å². The average Bonchev–Trinajstić information content (AvgIpc) is 3.01. The molecule has 1 aliphatic rings. The Hall–Kier alpha value is -1.75. The van der Waals surface area contributed by atoms with E-state index in [2.05, 4.69) is 5.32 Å². The topological polar surface area (TPSA) is 39.7 Å². The number of methoxy groups -OCH3 is 1. The van der Waals surface area contributed by atoms with Crippen LogP contribution in [0.2, 0.25) is 0 Å². The number of hydrogen-bond acceptors (Lipinski definition) is 4. The summed E-state index contributed by atoms with van der Waals surface area (Å²) in [5, 5.41) is 3.27. The van der Waals surface area contributed by atoms with Crippen molar-refractivity contribution in [2.45, 2.75) is 18.8 Å². The first-order chi connectivity index (χ1) is 10.8. The molecule has 0 spiro atoms. The van der Waals surface area contributed by atoms with Gasteiger partial charge < -0.3 is 19.5 Å². The summed E-state index contributed by atoms with van der Waals surface area (Å²) < 4.78 is 17.2. The maximum atomic E-state index is 6.00. The monoisotopic (exact) mass is 335 g/mol. The zero-order valence-corrected chi connectivity index (χ0v) is 13.9. The molecule has 0 saturated carbocycles. The number of halogens is 1. The average molecular weight is 336 g/mol. The third-order valence-electron chi connectivity index (χ3n) is 3.75. The van der Waals surface area contributed by atoms with Crippen molar-refractivity contribution in [3.8, 4) is 11.5 Å². The number of rotatable bonds is 6. The highest BCUT2D eigenvalue weighted by molar-refractivity contribution is 5.85. The van der Waals surface area contributed by atoms with Crippen molar-refractivity contribution in [1.82, 2.24) is 5.32 Å². The van der Waals surface area contributed by atoms with Gasteiger partial charge in [-0.15, -0.1) is 12.4 Å². The molecule has 0 bridgehead atoms. The second-order valence-electron chi connectivity index (χ2n) is 5.34. The van der Waals surface area contributed by atoms with Crippen molar-refractivity contribution in [2.75, 3.05) is 20.2 Å². The number of benzene rings is 2. The molecule has 2 atom stereocenters. The molecule has 2 aromatic rings. The third-order valence-corrected chi connectivity index (χ3v) is 3.75. The lowest BCUT2D eigenvalue weighted by Crippen LogP contribution is -2.31. The maximum absolute atomic E-state index is 6.00. The lowest BCUT2D eigenvalue weighted by Gasteiger charge is -2.19. The fourth-order valence-electron chi connectivity index (χ4n) is 2.54. The van der Waals surface area contributed by atoms with Crippen LogP contribution in [0.1, 0.15) is 5.56 Å². The standard InChI is InChI=1S/C18H21NO3.ClH/c1-20-17-11-19-12-18(17)22-16-9-5-8-15(10-16)21-13-14-6-3-2-4-7-14;/h2-10,17-19H,11-13H2,1H3;1H/t17-,18-;/m0./s1. The summed E-state index contributed by atoms with van der Waals surface area (Å²) in [4.78, 5) is 0. The van der Waals surface area contributed by atoms with Crippen molar-refractivity contribution in [3.05, 3.63) is 60.2 Å². The summed E-state index contributed by atoms with van der Waals surface area (Å²) in [6, 6.07) is 17.9. The van der Waals surface area contributed by atoms with Crippen LogP contribution in [0, 0.1) is 0 Å². The van der Waals surface area contributed by atoms with Gasteiger partial charge in [0.15, 0.2) is 0 Å². The molecule has 0 amide bonds. The van der Waals surface area contributed by atoms with Crippen molar-refractivity contribution in [2.24, 2.45) is 0 Å². The number of hydrogen-bond donors (Lipinski definition) is 1. The van der Waals surface area contributed by atoms with Crippen LogP contribution in [0.3, 0.4) is 0 Å². The van der Waals surface area contributed by atoms with Crippen LogP contribution in [0.5, 0.6) is 11.5 Å². The fourth-order valence-corrected chi connectivity index (χ4v) is 2.54. The second-order valence-corrected chi connectivity index (χ2v) is 5.34. The molecule has 1 fully saturated rings. The van der Waals surface area contributed by atoms with Gasteiger partial charge in [0.1, 0.15) is 30.3 Å². The van der Waals surface area contributed by atoms with Crippen LogP contribution in [-0.2, 0) is 11.3 Å². The SMILES string of the molecule is CO[C@H]1CNC[C@@H]1Oc1cccc(OCc2ccccc2)c1.Cl. The number of nitrogens with one attached hydrogen (secondary N) is 1. The van der Waals surface area contributed by atoms with Gasteiger partial charge in [-0.3, -0.25) is 0 Å². The van der Waals surface area contributed by atoms with Gasteiger partial charge in [-0.05, 0) is 17.7 Å². The van der Waals surface area contributed by atoms with Gasteiger partial charge in [0.25, 0.3) is 0 Å². The van der Waals surface area contributed by atoms with E-state index in [0.717, 1.165) is 30.2 Å². The van der Waals surface area contributed by atoms with E-state index in [4.69, 9.17) is 14.2 Å².